The minimum Gasteiger partial charge on any atom is -0.481 e. The first-order valence-corrected chi connectivity index (χ1v) is 10.3. The third kappa shape index (κ3) is 7.57. The van der Waals surface area contributed by atoms with E-state index in [2.05, 4.69) is 5.32 Å². The van der Waals surface area contributed by atoms with E-state index in [1.165, 1.54) is 0 Å². The van der Waals surface area contributed by atoms with E-state index in [1.54, 1.807) is 38.1 Å². The summed E-state index contributed by atoms with van der Waals surface area (Å²) in [6, 6.07) is 6.79. The van der Waals surface area contributed by atoms with Gasteiger partial charge in [-0.2, -0.15) is 0 Å². The molecule has 0 heterocycles. The van der Waals surface area contributed by atoms with Gasteiger partial charge in [-0.15, -0.1) is 0 Å². The maximum Gasteiger partial charge on any atom is 0.410 e. The second-order valence-electron chi connectivity index (χ2n) is 7.66. The number of halogens is 1. The van der Waals surface area contributed by atoms with Crippen molar-refractivity contribution in [2.24, 2.45) is 11.8 Å². The summed E-state index contributed by atoms with van der Waals surface area (Å²) in [5.41, 5.74) is 0.741. The van der Waals surface area contributed by atoms with Crippen LogP contribution in [-0.4, -0.2) is 36.0 Å². The van der Waals surface area contributed by atoms with E-state index in [1.807, 2.05) is 0 Å². The second kappa shape index (κ2) is 11.0. The Morgan fingerprint density at radius 2 is 1.76 bits per heavy atom. The fourth-order valence-corrected chi connectivity index (χ4v) is 3.40. The van der Waals surface area contributed by atoms with Crippen molar-refractivity contribution in [2.45, 2.75) is 58.2 Å². The average molecular weight is 426 g/mol. The smallest absolute Gasteiger partial charge is 0.410 e. The molecule has 0 radical (unpaired) electrons. The predicted molar refractivity (Wildman–Crippen MR) is 108 cm³/mol. The maximum absolute atomic E-state index is 12.2. The summed E-state index contributed by atoms with van der Waals surface area (Å²) in [5.74, 6) is -2.11. The molecule has 0 spiro atoms. The van der Waals surface area contributed by atoms with Gasteiger partial charge in [0.15, 0.2) is 0 Å². The van der Waals surface area contributed by atoms with Gasteiger partial charge in [0, 0.05) is 23.4 Å². The number of benzene rings is 1. The third-order valence-electron chi connectivity index (χ3n) is 4.94. The van der Waals surface area contributed by atoms with E-state index in [0.29, 0.717) is 5.02 Å². The number of hydrogen-bond acceptors (Lipinski definition) is 5. The highest BCUT2D eigenvalue weighted by atomic mass is 35.5. The summed E-state index contributed by atoms with van der Waals surface area (Å²) >= 11 is 5.88. The molecule has 1 aromatic rings. The molecule has 0 aliphatic heterocycles. The van der Waals surface area contributed by atoms with E-state index >= 15 is 0 Å². The van der Waals surface area contributed by atoms with Crippen molar-refractivity contribution < 1.29 is 29.0 Å². The van der Waals surface area contributed by atoms with Crippen molar-refractivity contribution in [3.05, 3.63) is 34.9 Å². The molecular weight excluding hydrogens is 398 g/mol. The van der Waals surface area contributed by atoms with Gasteiger partial charge in [0.1, 0.15) is 0 Å². The Labute approximate surface area is 175 Å². The van der Waals surface area contributed by atoms with Crippen LogP contribution in [-0.2, 0) is 19.1 Å². The van der Waals surface area contributed by atoms with Crippen LogP contribution in [0.1, 0.15) is 57.4 Å². The number of ether oxygens (including phenoxy) is 2. The van der Waals surface area contributed by atoms with Gasteiger partial charge in [-0.3, -0.25) is 9.59 Å². The zero-order valence-electron chi connectivity index (χ0n) is 16.7. The van der Waals surface area contributed by atoms with Gasteiger partial charge in [-0.05, 0) is 30.5 Å². The molecule has 0 bridgehead atoms. The Morgan fingerprint density at radius 1 is 1.14 bits per heavy atom. The number of alkyl carbamates (subject to hydrolysis) is 1. The zero-order chi connectivity index (χ0) is 21.4. The van der Waals surface area contributed by atoms with Crippen molar-refractivity contribution in [1.82, 2.24) is 5.32 Å². The second-order valence-corrected chi connectivity index (χ2v) is 8.10. The highest BCUT2D eigenvalue weighted by Crippen LogP contribution is 2.27. The number of aliphatic carboxylic acids is 1. The summed E-state index contributed by atoms with van der Waals surface area (Å²) in [6.07, 6.45) is 1.70. The van der Waals surface area contributed by atoms with E-state index in [9.17, 15) is 14.4 Å². The summed E-state index contributed by atoms with van der Waals surface area (Å²) < 4.78 is 10.7. The molecule has 2 atom stereocenters. The lowest BCUT2D eigenvalue weighted by Crippen LogP contribution is -2.37. The Hall–Kier alpha value is -2.28. The largest absolute Gasteiger partial charge is 0.481 e. The van der Waals surface area contributed by atoms with Crippen LogP contribution in [0.5, 0.6) is 0 Å². The summed E-state index contributed by atoms with van der Waals surface area (Å²) in [6.45, 7) is 3.65. The number of amides is 1. The van der Waals surface area contributed by atoms with Crippen LogP contribution in [0.15, 0.2) is 24.3 Å². The number of hydrogen-bond donors (Lipinski definition) is 2. The van der Waals surface area contributed by atoms with Gasteiger partial charge in [0.05, 0.1) is 12.3 Å². The molecule has 2 N–H and O–H groups in total. The molecule has 1 aliphatic rings. The molecule has 1 amide bonds. The van der Waals surface area contributed by atoms with Gasteiger partial charge in [-0.25, -0.2) is 4.79 Å². The van der Waals surface area contributed by atoms with Gasteiger partial charge in [-0.1, -0.05) is 50.4 Å². The summed E-state index contributed by atoms with van der Waals surface area (Å²) in [5, 5.41) is 12.3. The van der Waals surface area contributed by atoms with Gasteiger partial charge in [0.2, 0.25) is 0 Å². The highest BCUT2D eigenvalue weighted by Gasteiger charge is 2.29. The summed E-state index contributed by atoms with van der Waals surface area (Å²) in [7, 11) is 0. The molecule has 2 rings (SSSR count). The number of carboxylic acid groups (broad SMARTS) is 1. The van der Waals surface area contributed by atoms with Crippen molar-refractivity contribution in [2.75, 3.05) is 6.54 Å². The first kappa shape index (κ1) is 23.0. The monoisotopic (exact) mass is 425 g/mol. The topological polar surface area (TPSA) is 102 Å². The Balaban J connectivity index is 1.92. The van der Waals surface area contributed by atoms with Crippen LogP contribution in [0.25, 0.3) is 0 Å². The van der Waals surface area contributed by atoms with Crippen molar-refractivity contribution >= 4 is 29.6 Å². The first-order valence-electron chi connectivity index (χ1n) is 9.88. The van der Waals surface area contributed by atoms with Gasteiger partial charge in [0.25, 0.3) is 6.29 Å². The molecule has 8 heteroatoms. The van der Waals surface area contributed by atoms with E-state index < -0.39 is 24.3 Å². The molecule has 7 nitrogen and oxygen atoms in total. The number of nitrogens with one attached hydrogen (secondary N) is 1. The van der Waals surface area contributed by atoms with Crippen LogP contribution in [0.2, 0.25) is 5.02 Å². The molecule has 1 aromatic carbocycles. The molecule has 29 heavy (non-hydrogen) atoms. The van der Waals surface area contributed by atoms with Crippen LogP contribution < -0.4 is 5.32 Å². The first-order chi connectivity index (χ1) is 13.8. The quantitative estimate of drug-likeness (QED) is 0.450. The third-order valence-corrected chi connectivity index (χ3v) is 5.20. The number of carbonyl (C=O) groups excluding carboxylic acids is 2. The van der Waals surface area contributed by atoms with Crippen molar-refractivity contribution in [3.8, 4) is 0 Å². The molecule has 1 unspecified atom stereocenters. The lowest BCUT2D eigenvalue weighted by molar-refractivity contribution is -0.179. The minimum absolute atomic E-state index is 0.0636. The molecule has 0 saturated heterocycles. The van der Waals surface area contributed by atoms with Crippen LogP contribution >= 0.6 is 11.6 Å². The van der Waals surface area contributed by atoms with E-state index in [0.717, 1.165) is 31.2 Å². The minimum atomic E-state index is -0.989. The average Bonchev–Trinajstić information content (AvgIpc) is 3.20. The van der Waals surface area contributed by atoms with Gasteiger partial charge < -0.3 is 19.9 Å². The van der Waals surface area contributed by atoms with E-state index in [-0.39, 0.29) is 30.8 Å². The number of carbonyl (C=O) groups is 3. The number of carboxylic acids is 1. The van der Waals surface area contributed by atoms with Gasteiger partial charge >= 0.3 is 18.0 Å². The lowest BCUT2D eigenvalue weighted by Gasteiger charge is -2.24. The maximum atomic E-state index is 12.2. The molecular formula is C21H28ClNO6. The standard InChI is InChI=1S/C21H28ClNO6/c1-13(2)20(28-19(26)15-5-3-4-6-15)29-21(27)23-12-16(11-18(24)25)14-7-9-17(22)10-8-14/h7-10,13,15-16,20H,3-6,11-12H2,1-2H3,(H,23,27)(H,24,25)/t16-,20?/m0/s1. The zero-order valence-corrected chi connectivity index (χ0v) is 17.5. The molecule has 0 aromatic heterocycles. The van der Waals surface area contributed by atoms with Crippen LogP contribution in [0.3, 0.4) is 0 Å². The fraction of sp³-hybridized carbons (Fsp3) is 0.571. The highest BCUT2D eigenvalue weighted by molar-refractivity contribution is 6.30. The van der Waals surface area contributed by atoms with Crippen molar-refractivity contribution in [3.63, 3.8) is 0 Å². The Bertz CT molecular complexity index is 700. The lowest BCUT2D eigenvalue weighted by atomic mass is 9.96. The SMILES string of the molecule is CC(C)C(OC(=O)NC[C@H](CC(=O)O)c1ccc(Cl)cc1)OC(=O)C1CCCC1. The van der Waals surface area contributed by atoms with Crippen LogP contribution in [0.4, 0.5) is 4.79 Å². The van der Waals surface area contributed by atoms with Crippen molar-refractivity contribution in [1.29, 1.82) is 0 Å². The number of esters is 1. The molecule has 160 valence electrons. The van der Waals surface area contributed by atoms with Crippen LogP contribution in [0, 0.1) is 11.8 Å². The molecule has 1 aliphatic carbocycles. The fourth-order valence-electron chi connectivity index (χ4n) is 3.28. The normalized spacial score (nSPS) is 16.3. The Morgan fingerprint density at radius 3 is 2.31 bits per heavy atom. The predicted octanol–water partition coefficient (Wildman–Crippen LogP) is 4.34. The number of rotatable bonds is 9. The summed E-state index contributed by atoms with van der Waals surface area (Å²) in [4.78, 5) is 35.7. The molecule has 1 fully saturated rings. The Kier molecular flexibility index (Phi) is 8.76. The molecule has 1 saturated carbocycles. The van der Waals surface area contributed by atoms with E-state index in [4.69, 9.17) is 26.2 Å².